The highest BCUT2D eigenvalue weighted by Crippen LogP contribution is 2.52. The number of ether oxygens (including phenoxy) is 4. The van der Waals surface area contributed by atoms with Crippen molar-refractivity contribution in [3.63, 3.8) is 0 Å². The maximum atomic E-state index is 12.9. The molecule has 1 aliphatic carbocycles. The minimum atomic E-state index is -5.17. The van der Waals surface area contributed by atoms with E-state index in [0.717, 1.165) is 25.7 Å². The quantitative estimate of drug-likeness (QED) is 0.0757. The van der Waals surface area contributed by atoms with Gasteiger partial charge in [-0.15, -0.1) is 25.5 Å². The number of aromatic amines is 2. The first-order valence-electron chi connectivity index (χ1n) is 14.3. The molecule has 0 aromatic carbocycles. The zero-order chi connectivity index (χ0) is 32.3. The largest absolute Gasteiger partial charge is 0.387 e. The maximum Gasteiger partial charge on any atom is 0.361 e. The van der Waals surface area contributed by atoms with Gasteiger partial charge in [-0.05, 0) is 36.6 Å². The lowest BCUT2D eigenvalue weighted by Gasteiger charge is -2.34. The number of tetrazole rings is 2. The molecule has 0 radical (unpaired) electrons. The molecule has 1 saturated heterocycles. The molecule has 2 aliphatic rings. The van der Waals surface area contributed by atoms with Gasteiger partial charge >= 0.3 is 7.60 Å². The van der Waals surface area contributed by atoms with Crippen LogP contribution in [-0.4, -0.2) is 125 Å². The van der Waals surface area contributed by atoms with Crippen molar-refractivity contribution in [2.75, 3.05) is 25.1 Å². The Morgan fingerprint density at radius 2 is 1.70 bits per heavy atom. The van der Waals surface area contributed by atoms with Crippen molar-refractivity contribution in [1.29, 1.82) is 0 Å². The SMILES string of the molecule is O=P(O)(O)C(COCc1nn[nH]n1)(COCc1nn[nH]n1)OC[C@H]1O[C@@H](c2ccc3c(NC4CCCC4)nc(Cl)nn23)[C@H](O)[C@@H]1O. The van der Waals surface area contributed by atoms with Crippen LogP contribution in [-0.2, 0) is 36.7 Å². The van der Waals surface area contributed by atoms with Crippen LogP contribution in [0.2, 0.25) is 5.28 Å². The Kier molecular flexibility index (Phi) is 9.85. The summed E-state index contributed by atoms with van der Waals surface area (Å²) in [6.07, 6.45) is -1.09. The summed E-state index contributed by atoms with van der Waals surface area (Å²) in [6, 6.07) is 3.66. The maximum absolute atomic E-state index is 12.9. The number of nitrogens with one attached hydrogen (secondary N) is 3. The topological polar surface area (TPSA) is 286 Å². The third-order valence-corrected chi connectivity index (χ3v) is 9.42. The molecule has 0 spiro atoms. The predicted molar refractivity (Wildman–Crippen MR) is 152 cm³/mol. The molecule has 4 atom stereocenters. The molecule has 1 saturated carbocycles. The van der Waals surface area contributed by atoms with Gasteiger partial charge in [0.2, 0.25) is 10.6 Å². The first-order chi connectivity index (χ1) is 22.1. The molecule has 4 aromatic rings. The Hall–Kier alpha value is -3.24. The molecule has 2 fully saturated rings. The summed E-state index contributed by atoms with van der Waals surface area (Å²) in [5.74, 6) is 0.773. The van der Waals surface area contributed by atoms with E-state index in [0.29, 0.717) is 17.0 Å². The van der Waals surface area contributed by atoms with Crippen molar-refractivity contribution in [3.05, 3.63) is 34.8 Å². The summed E-state index contributed by atoms with van der Waals surface area (Å²) in [4.78, 5) is 25.2. The Morgan fingerprint density at radius 1 is 1.04 bits per heavy atom. The van der Waals surface area contributed by atoms with Crippen LogP contribution >= 0.6 is 19.2 Å². The molecule has 46 heavy (non-hydrogen) atoms. The molecular weight excluding hydrogens is 655 g/mol. The number of hydrogen-bond acceptors (Lipinski definition) is 16. The van der Waals surface area contributed by atoms with Crippen molar-refractivity contribution in [1.82, 2.24) is 55.8 Å². The van der Waals surface area contributed by atoms with Gasteiger partial charge < -0.3 is 44.3 Å². The highest BCUT2D eigenvalue weighted by atomic mass is 35.5. The zero-order valence-corrected chi connectivity index (χ0v) is 25.7. The lowest BCUT2D eigenvalue weighted by atomic mass is 10.1. The summed E-state index contributed by atoms with van der Waals surface area (Å²) >= 11 is 6.25. The minimum Gasteiger partial charge on any atom is -0.387 e. The van der Waals surface area contributed by atoms with E-state index in [1.165, 1.54) is 4.52 Å². The second-order valence-corrected chi connectivity index (χ2v) is 13.2. The molecule has 5 heterocycles. The number of fused-ring (bicyclic) bond motifs is 1. The van der Waals surface area contributed by atoms with E-state index in [-0.39, 0.29) is 36.2 Å². The number of aliphatic hydroxyl groups is 2. The second kappa shape index (κ2) is 13.9. The standard InChI is InChI=1S/C23H32ClN12O9P/c24-22-26-21(25-12-3-1-2-4-12)14-6-5-13(36(14)31-22)20-19(38)18(37)15(45-20)7-44-23(46(39,40)41,10-42-8-16-27-32-33-28-16)11-43-9-17-29-34-35-30-17/h5-6,12,15,18-20,37-38H,1-4,7-11H2,(H,25,26,31)(H2,39,40,41)(H,27,28,32,33)(H,29,30,34,35)/t15-,18-,19-,20+/m1/s1. The van der Waals surface area contributed by atoms with Crippen LogP contribution in [0.4, 0.5) is 5.82 Å². The third-order valence-electron chi connectivity index (χ3n) is 7.81. The average molecular weight is 687 g/mol. The molecule has 1 aliphatic heterocycles. The molecule has 0 bridgehead atoms. The van der Waals surface area contributed by atoms with Gasteiger partial charge in [-0.3, -0.25) is 4.57 Å². The Labute approximate surface area is 264 Å². The first kappa shape index (κ1) is 32.7. The van der Waals surface area contributed by atoms with E-state index in [1.54, 1.807) is 12.1 Å². The predicted octanol–water partition coefficient (Wildman–Crippen LogP) is -0.751. The van der Waals surface area contributed by atoms with Crippen LogP contribution in [0.25, 0.3) is 5.52 Å². The molecule has 7 N–H and O–H groups in total. The smallest absolute Gasteiger partial charge is 0.361 e. The van der Waals surface area contributed by atoms with E-state index < -0.39 is 57.2 Å². The van der Waals surface area contributed by atoms with Gasteiger partial charge in [0.15, 0.2) is 17.5 Å². The van der Waals surface area contributed by atoms with Crippen molar-refractivity contribution in [2.24, 2.45) is 0 Å². The number of hydrogen-bond donors (Lipinski definition) is 7. The van der Waals surface area contributed by atoms with Crippen molar-refractivity contribution < 1.29 is 43.5 Å². The molecule has 21 nitrogen and oxygen atoms in total. The summed E-state index contributed by atoms with van der Waals surface area (Å²) in [6.45, 7) is -2.49. The molecule has 23 heteroatoms. The average Bonchev–Trinajstić information content (AvgIpc) is 3.85. The van der Waals surface area contributed by atoms with Crippen LogP contribution in [0.1, 0.15) is 49.1 Å². The van der Waals surface area contributed by atoms with Crippen molar-refractivity contribution in [2.45, 2.75) is 74.7 Å². The molecule has 4 aromatic heterocycles. The summed E-state index contributed by atoms with van der Waals surface area (Å²) in [5, 5.41) is 53.5. The van der Waals surface area contributed by atoms with Gasteiger partial charge in [0, 0.05) is 6.04 Å². The second-order valence-electron chi connectivity index (χ2n) is 10.9. The Morgan fingerprint density at radius 3 is 2.28 bits per heavy atom. The highest BCUT2D eigenvalue weighted by Gasteiger charge is 2.52. The number of nitrogens with zero attached hydrogens (tertiary/aromatic N) is 9. The van der Waals surface area contributed by atoms with E-state index in [2.05, 4.69) is 56.6 Å². The van der Waals surface area contributed by atoms with Gasteiger partial charge in [-0.2, -0.15) is 15.4 Å². The fourth-order valence-electron chi connectivity index (χ4n) is 5.41. The molecular formula is C23H32ClN12O9P. The van der Waals surface area contributed by atoms with Gasteiger partial charge in [0.1, 0.15) is 43.1 Å². The molecule has 250 valence electrons. The van der Waals surface area contributed by atoms with Crippen LogP contribution < -0.4 is 5.32 Å². The number of aromatic nitrogens is 11. The Balaban J connectivity index is 1.19. The van der Waals surface area contributed by atoms with Gasteiger partial charge in [-0.25, -0.2) is 4.52 Å². The summed E-state index contributed by atoms with van der Waals surface area (Å²) in [5.41, 5.74) is 0.963. The van der Waals surface area contributed by atoms with E-state index in [1.807, 2.05) is 0 Å². The van der Waals surface area contributed by atoms with Crippen molar-refractivity contribution >= 4 is 30.5 Å². The number of H-pyrrole nitrogens is 2. The monoisotopic (exact) mass is 686 g/mol. The molecule has 0 amide bonds. The normalized spacial score (nSPS) is 22.7. The van der Waals surface area contributed by atoms with Gasteiger partial charge in [-0.1, -0.05) is 23.3 Å². The van der Waals surface area contributed by atoms with E-state index in [9.17, 15) is 24.6 Å². The van der Waals surface area contributed by atoms with Gasteiger partial charge in [0.25, 0.3) is 0 Å². The lowest BCUT2D eigenvalue weighted by molar-refractivity contribution is -0.136. The fourth-order valence-corrected chi connectivity index (χ4v) is 6.33. The first-order valence-corrected chi connectivity index (χ1v) is 16.3. The summed E-state index contributed by atoms with van der Waals surface area (Å²) < 4.78 is 37.2. The van der Waals surface area contributed by atoms with Crippen molar-refractivity contribution in [3.8, 4) is 0 Å². The number of rotatable bonds is 15. The number of anilines is 1. The van der Waals surface area contributed by atoms with Gasteiger partial charge in [0.05, 0.1) is 25.5 Å². The van der Waals surface area contributed by atoms with Crippen LogP contribution in [0.3, 0.4) is 0 Å². The lowest BCUT2D eigenvalue weighted by Crippen LogP contribution is -2.45. The molecule has 0 unspecified atom stereocenters. The summed E-state index contributed by atoms with van der Waals surface area (Å²) in [7, 11) is -5.17. The third kappa shape index (κ3) is 7.03. The van der Waals surface area contributed by atoms with Crippen LogP contribution in [0.5, 0.6) is 0 Å². The fraction of sp³-hybridized carbons (Fsp3) is 0.652. The van der Waals surface area contributed by atoms with E-state index >= 15 is 0 Å². The minimum absolute atomic E-state index is 0.0357. The van der Waals surface area contributed by atoms with E-state index in [4.69, 9.17) is 30.5 Å². The van der Waals surface area contributed by atoms with Crippen LogP contribution in [0.15, 0.2) is 12.1 Å². The molecule has 6 rings (SSSR count). The highest BCUT2D eigenvalue weighted by molar-refractivity contribution is 7.53. The zero-order valence-electron chi connectivity index (χ0n) is 24.1. The number of halogens is 1. The Bertz CT molecular complexity index is 1580. The van der Waals surface area contributed by atoms with Crippen LogP contribution in [0, 0.1) is 0 Å². The number of aliphatic hydroxyl groups excluding tert-OH is 2.